The molecule has 0 bridgehead atoms. The van der Waals surface area contributed by atoms with Crippen LogP contribution in [-0.2, 0) is 15.9 Å². The van der Waals surface area contributed by atoms with Crippen molar-refractivity contribution in [2.45, 2.75) is 45.5 Å². The number of hydrogen-bond acceptors (Lipinski definition) is 6. The molecule has 7 heteroatoms. The molecule has 0 spiro atoms. The number of pyridine rings is 2. The van der Waals surface area contributed by atoms with E-state index in [2.05, 4.69) is 16.0 Å². The van der Waals surface area contributed by atoms with E-state index in [0.717, 1.165) is 5.56 Å². The molecule has 1 fully saturated rings. The van der Waals surface area contributed by atoms with E-state index in [0.29, 0.717) is 23.5 Å². The molecule has 128 valence electrons. The zero-order valence-electron chi connectivity index (χ0n) is 14.8. The molecule has 6 nitrogen and oxygen atoms in total. The van der Waals surface area contributed by atoms with Crippen LogP contribution in [0.5, 0.6) is 5.88 Å². The molecule has 0 aliphatic carbocycles. The number of nitrogens with zero attached hydrogens (tertiary/aromatic N) is 3. The van der Waals surface area contributed by atoms with Crippen molar-refractivity contribution < 1.29 is 14.0 Å². The molecule has 0 N–H and O–H groups in total. The maximum atomic E-state index is 9.43. The van der Waals surface area contributed by atoms with Gasteiger partial charge in [0, 0.05) is 24.1 Å². The van der Waals surface area contributed by atoms with Gasteiger partial charge in [0.1, 0.15) is 18.2 Å². The van der Waals surface area contributed by atoms with Gasteiger partial charge < -0.3 is 14.0 Å². The molecule has 25 heavy (non-hydrogen) atoms. The maximum Gasteiger partial charge on any atom is 0.496 e. The van der Waals surface area contributed by atoms with E-state index in [-0.39, 0.29) is 0 Å². The molecule has 2 aromatic rings. The van der Waals surface area contributed by atoms with Crippen LogP contribution in [0.15, 0.2) is 36.8 Å². The van der Waals surface area contributed by atoms with Crippen LogP contribution < -0.4 is 10.2 Å². The van der Waals surface area contributed by atoms with Gasteiger partial charge in [-0.25, -0.2) is 4.98 Å². The highest BCUT2D eigenvalue weighted by Gasteiger charge is 2.51. The van der Waals surface area contributed by atoms with Gasteiger partial charge >= 0.3 is 7.12 Å². The molecule has 1 aliphatic rings. The van der Waals surface area contributed by atoms with Gasteiger partial charge in [-0.05, 0) is 51.5 Å². The fourth-order valence-corrected chi connectivity index (χ4v) is 2.40. The second kappa shape index (κ2) is 6.47. The lowest BCUT2D eigenvalue weighted by atomic mass is 9.80. The number of aromatic nitrogens is 2. The smallest absolute Gasteiger partial charge is 0.472 e. The Kier molecular flexibility index (Phi) is 4.50. The zero-order chi connectivity index (χ0) is 18.1. The molecule has 0 radical (unpaired) electrons. The van der Waals surface area contributed by atoms with E-state index in [4.69, 9.17) is 14.0 Å². The molecule has 2 aromatic heterocycles. The second-order valence-electron chi connectivity index (χ2n) is 6.97. The van der Waals surface area contributed by atoms with Crippen molar-refractivity contribution in [3.63, 3.8) is 0 Å². The molecule has 3 rings (SSSR count). The van der Waals surface area contributed by atoms with Crippen molar-refractivity contribution in [1.29, 1.82) is 5.26 Å². The van der Waals surface area contributed by atoms with Crippen molar-refractivity contribution in [3.05, 3.63) is 47.9 Å². The van der Waals surface area contributed by atoms with E-state index >= 15 is 0 Å². The van der Waals surface area contributed by atoms with Crippen molar-refractivity contribution >= 4 is 12.6 Å². The summed E-state index contributed by atoms with van der Waals surface area (Å²) in [6.07, 6.45) is 5.02. The minimum atomic E-state index is -0.557. The van der Waals surface area contributed by atoms with Gasteiger partial charge in [0.05, 0.1) is 11.2 Å². The van der Waals surface area contributed by atoms with Gasteiger partial charge in [0.2, 0.25) is 5.88 Å². The summed E-state index contributed by atoms with van der Waals surface area (Å²) in [6.45, 7) is 8.26. The van der Waals surface area contributed by atoms with Crippen LogP contribution in [0.1, 0.15) is 38.8 Å². The van der Waals surface area contributed by atoms with Gasteiger partial charge in [-0.3, -0.25) is 4.98 Å². The van der Waals surface area contributed by atoms with Crippen molar-refractivity contribution in [3.8, 4) is 11.9 Å². The van der Waals surface area contributed by atoms with E-state index < -0.39 is 18.3 Å². The summed E-state index contributed by atoms with van der Waals surface area (Å²) in [5, 5.41) is 9.43. The molecule has 1 aliphatic heterocycles. The van der Waals surface area contributed by atoms with Crippen LogP contribution in [0.25, 0.3) is 0 Å². The number of hydrogen-bond donors (Lipinski definition) is 0. The first-order valence-corrected chi connectivity index (χ1v) is 8.10. The molecule has 0 atom stereocenters. The van der Waals surface area contributed by atoms with E-state index in [9.17, 15) is 5.26 Å². The van der Waals surface area contributed by atoms with Crippen LogP contribution in [0, 0.1) is 11.3 Å². The van der Waals surface area contributed by atoms with E-state index in [1.54, 1.807) is 24.7 Å². The Morgan fingerprint density at radius 2 is 1.80 bits per heavy atom. The summed E-state index contributed by atoms with van der Waals surface area (Å²) in [5.41, 5.74) is 1.12. The third-order valence-electron chi connectivity index (χ3n) is 4.64. The minimum Gasteiger partial charge on any atom is -0.472 e. The minimum absolute atomic E-state index is 0.291. The highest BCUT2D eigenvalue weighted by atomic mass is 16.7. The average Bonchev–Trinajstić information content (AvgIpc) is 2.81. The predicted molar refractivity (Wildman–Crippen MR) is 93.2 cm³/mol. The fraction of sp³-hybridized carbons (Fsp3) is 0.389. The highest BCUT2D eigenvalue weighted by Crippen LogP contribution is 2.36. The maximum absolute atomic E-state index is 9.43. The summed E-state index contributed by atoms with van der Waals surface area (Å²) >= 11 is 0. The Morgan fingerprint density at radius 3 is 2.40 bits per heavy atom. The van der Waals surface area contributed by atoms with Gasteiger partial charge in [0.15, 0.2) is 0 Å². The SMILES string of the molecule is CC1(C)OB(c2cnc(OCc3ccncc3)c(C#N)c2)OC1(C)C. The molecule has 1 saturated heterocycles. The zero-order valence-corrected chi connectivity index (χ0v) is 14.8. The molecule has 0 saturated carbocycles. The first-order valence-electron chi connectivity index (χ1n) is 8.10. The van der Waals surface area contributed by atoms with Gasteiger partial charge in [0.25, 0.3) is 0 Å². The number of ether oxygens (including phenoxy) is 1. The van der Waals surface area contributed by atoms with E-state index in [1.165, 1.54) is 0 Å². The molecule has 3 heterocycles. The lowest BCUT2D eigenvalue weighted by Crippen LogP contribution is -2.41. The Hall–Kier alpha value is -2.43. The van der Waals surface area contributed by atoms with E-state index in [1.807, 2.05) is 39.8 Å². The summed E-state index contributed by atoms with van der Waals surface area (Å²) in [6, 6.07) is 7.54. The van der Waals surface area contributed by atoms with Gasteiger partial charge in [-0.1, -0.05) is 0 Å². The largest absolute Gasteiger partial charge is 0.496 e. The third kappa shape index (κ3) is 3.50. The Morgan fingerprint density at radius 1 is 1.16 bits per heavy atom. The molecule has 0 unspecified atom stereocenters. The Bertz CT molecular complexity index is 787. The molecule has 0 amide bonds. The molecule has 0 aromatic carbocycles. The second-order valence-corrected chi connectivity index (χ2v) is 6.97. The standard InChI is InChI=1S/C18H20BN3O3/c1-17(2)18(3,4)25-19(24-17)15-9-14(10-20)16(22-11-15)23-12-13-5-7-21-8-6-13/h5-9,11H,12H2,1-4H3. The van der Waals surface area contributed by atoms with Crippen LogP contribution in [0.3, 0.4) is 0 Å². The monoisotopic (exact) mass is 337 g/mol. The molecular weight excluding hydrogens is 317 g/mol. The van der Waals surface area contributed by atoms with Crippen LogP contribution in [0.4, 0.5) is 0 Å². The van der Waals surface area contributed by atoms with Crippen LogP contribution >= 0.6 is 0 Å². The number of nitriles is 1. The lowest BCUT2D eigenvalue weighted by molar-refractivity contribution is 0.00578. The Labute approximate surface area is 147 Å². The third-order valence-corrected chi connectivity index (χ3v) is 4.64. The first kappa shape index (κ1) is 17.4. The van der Waals surface area contributed by atoms with Gasteiger partial charge in [-0.15, -0.1) is 0 Å². The van der Waals surface area contributed by atoms with Crippen molar-refractivity contribution in [2.75, 3.05) is 0 Å². The number of rotatable bonds is 4. The van der Waals surface area contributed by atoms with Crippen molar-refractivity contribution in [2.24, 2.45) is 0 Å². The molecular formula is C18H20BN3O3. The van der Waals surface area contributed by atoms with Gasteiger partial charge in [-0.2, -0.15) is 5.26 Å². The quantitative estimate of drug-likeness (QED) is 0.796. The first-order chi connectivity index (χ1) is 11.8. The fourth-order valence-electron chi connectivity index (χ4n) is 2.40. The topological polar surface area (TPSA) is 77.3 Å². The Balaban J connectivity index is 1.78. The predicted octanol–water partition coefficient (Wildman–Crippen LogP) is 2.23. The highest BCUT2D eigenvalue weighted by molar-refractivity contribution is 6.62. The summed E-state index contributed by atoms with van der Waals surface area (Å²) < 4.78 is 17.7. The van der Waals surface area contributed by atoms with Crippen LogP contribution in [0.2, 0.25) is 0 Å². The average molecular weight is 337 g/mol. The summed E-state index contributed by atoms with van der Waals surface area (Å²) in [4.78, 5) is 8.25. The lowest BCUT2D eigenvalue weighted by Gasteiger charge is -2.32. The van der Waals surface area contributed by atoms with Crippen molar-refractivity contribution in [1.82, 2.24) is 9.97 Å². The summed E-state index contributed by atoms with van der Waals surface area (Å²) in [5.74, 6) is 0.291. The van der Waals surface area contributed by atoms with Crippen LogP contribution in [-0.4, -0.2) is 28.3 Å². The normalized spacial score (nSPS) is 18.0. The summed E-state index contributed by atoms with van der Waals surface area (Å²) in [7, 11) is -0.557.